The lowest BCUT2D eigenvalue weighted by Gasteiger charge is -2.13. The Morgan fingerprint density at radius 1 is 1.59 bits per heavy atom. The third kappa shape index (κ3) is 2.89. The first-order valence-corrected chi connectivity index (χ1v) is 8.30. The van der Waals surface area contributed by atoms with Gasteiger partial charge in [-0.3, -0.25) is 9.71 Å². The number of rotatable bonds is 3. The lowest BCUT2D eigenvalue weighted by molar-refractivity contribution is 0.600. The van der Waals surface area contributed by atoms with Crippen molar-refractivity contribution < 1.29 is 8.42 Å². The molecule has 0 aliphatic carbocycles. The summed E-state index contributed by atoms with van der Waals surface area (Å²) >= 11 is 2.62. The fourth-order valence-electron chi connectivity index (χ4n) is 1.42. The van der Waals surface area contributed by atoms with Gasteiger partial charge in [-0.05, 0) is 24.4 Å². The topological polar surface area (TPSA) is 84.5 Å². The number of thiophene rings is 1. The van der Waals surface area contributed by atoms with E-state index in [2.05, 4.69) is 16.6 Å². The summed E-state index contributed by atoms with van der Waals surface area (Å²) in [6.45, 7) is 3.46. The first-order valence-electron chi connectivity index (χ1n) is 5.12. The Hall–Kier alpha value is -0.410. The van der Waals surface area contributed by atoms with E-state index in [0.29, 0.717) is 6.54 Å². The van der Waals surface area contributed by atoms with Crippen LogP contribution in [0.3, 0.4) is 0 Å². The fraction of sp³-hybridized carbons (Fsp3) is 0.444. The molecule has 0 amide bonds. The number of fused-ring (bicyclic) bond motifs is 1. The van der Waals surface area contributed by atoms with Crippen molar-refractivity contribution in [3.8, 4) is 0 Å². The molecule has 3 N–H and O–H groups in total. The zero-order valence-corrected chi connectivity index (χ0v) is 11.7. The van der Waals surface area contributed by atoms with Gasteiger partial charge in [0.15, 0.2) is 0 Å². The standard InChI is InChI=1S/C9H13N3O2S3/c1-2-3-11-7-5-12-16-9-6(7)4-8(15-9)17(10,13)14/h4,12H,2-3,5H2,1H3,(H2,10,13,14). The van der Waals surface area contributed by atoms with Crippen molar-refractivity contribution >= 4 is 39.0 Å². The van der Waals surface area contributed by atoms with Gasteiger partial charge in [-0.1, -0.05) is 6.92 Å². The molecular weight excluding hydrogens is 278 g/mol. The van der Waals surface area contributed by atoms with Gasteiger partial charge >= 0.3 is 0 Å². The van der Waals surface area contributed by atoms with Gasteiger partial charge < -0.3 is 0 Å². The van der Waals surface area contributed by atoms with Gasteiger partial charge in [-0.15, -0.1) is 11.3 Å². The Labute approximate surface area is 109 Å². The third-order valence-corrected chi connectivity index (χ3v) is 5.74. The van der Waals surface area contributed by atoms with Crippen LogP contribution in [-0.4, -0.2) is 27.2 Å². The number of hydrogen-bond donors (Lipinski definition) is 2. The molecule has 8 heteroatoms. The van der Waals surface area contributed by atoms with Crippen molar-refractivity contribution in [3.05, 3.63) is 11.6 Å². The van der Waals surface area contributed by atoms with Gasteiger partial charge in [0.2, 0.25) is 10.0 Å². The molecule has 5 nitrogen and oxygen atoms in total. The van der Waals surface area contributed by atoms with Gasteiger partial charge in [-0.25, -0.2) is 13.6 Å². The van der Waals surface area contributed by atoms with E-state index in [-0.39, 0.29) is 4.21 Å². The lowest BCUT2D eigenvalue weighted by atomic mass is 10.2. The minimum atomic E-state index is -3.62. The summed E-state index contributed by atoms with van der Waals surface area (Å²) in [6.07, 6.45) is 0.970. The Morgan fingerprint density at radius 3 is 3.00 bits per heavy atom. The maximum absolute atomic E-state index is 11.3. The molecule has 2 heterocycles. The minimum absolute atomic E-state index is 0.197. The molecule has 94 valence electrons. The van der Waals surface area contributed by atoms with Gasteiger partial charge in [0.1, 0.15) is 4.21 Å². The van der Waals surface area contributed by atoms with Crippen LogP contribution in [0.2, 0.25) is 0 Å². The first kappa shape index (κ1) is 13.0. The van der Waals surface area contributed by atoms with Crippen LogP contribution in [-0.2, 0) is 10.0 Å². The molecule has 0 saturated carbocycles. The van der Waals surface area contributed by atoms with Crippen LogP contribution in [0.4, 0.5) is 0 Å². The molecule has 0 fully saturated rings. The quantitative estimate of drug-likeness (QED) is 0.820. The van der Waals surface area contributed by atoms with Gasteiger partial charge in [0.25, 0.3) is 0 Å². The summed E-state index contributed by atoms with van der Waals surface area (Å²) in [4.78, 5) is 4.45. The van der Waals surface area contributed by atoms with Crippen molar-refractivity contribution in [2.24, 2.45) is 10.1 Å². The maximum Gasteiger partial charge on any atom is 0.247 e. The number of nitrogens with two attached hydrogens (primary N) is 1. The number of nitrogens with zero attached hydrogens (tertiary/aromatic N) is 1. The third-order valence-electron chi connectivity index (χ3n) is 2.20. The highest BCUT2D eigenvalue weighted by Gasteiger charge is 2.23. The Morgan fingerprint density at radius 2 is 2.35 bits per heavy atom. The fourth-order valence-corrected chi connectivity index (χ4v) is 4.46. The summed E-state index contributed by atoms with van der Waals surface area (Å²) in [5, 5.41) is 5.13. The van der Waals surface area contributed by atoms with Gasteiger partial charge in [-0.2, -0.15) is 0 Å². The number of nitrogens with one attached hydrogen (secondary N) is 1. The monoisotopic (exact) mass is 291 g/mol. The van der Waals surface area contributed by atoms with E-state index in [1.165, 1.54) is 23.3 Å². The molecule has 0 aromatic carbocycles. The summed E-state index contributed by atoms with van der Waals surface area (Å²) < 4.78 is 26.8. The molecule has 0 unspecified atom stereocenters. The summed E-state index contributed by atoms with van der Waals surface area (Å²) in [7, 11) is -3.62. The van der Waals surface area contributed by atoms with Crippen LogP contribution in [0.25, 0.3) is 0 Å². The second kappa shape index (κ2) is 5.07. The normalized spacial score (nSPS) is 18.4. The molecular formula is C9H13N3O2S3. The average molecular weight is 291 g/mol. The summed E-state index contributed by atoms with van der Waals surface area (Å²) in [5.74, 6) is 0. The molecule has 2 rings (SSSR count). The number of primary sulfonamides is 1. The summed E-state index contributed by atoms with van der Waals surface area (Å²) in [6, 6.07) is 1.62. The van der Waals surface area contributed by atoms with Gasteiger partial charge in [0, 0.05) is 18.7 Å². The first-order chi connectivity index (χ1) is 8.02. The zero-order valence-electron chi connectivity index (χ0n) is 9.26. The largest absolute Gasteiger partial charge is 0.288 e. The molecule has 0 saturated heterocycles. The average Bonchev–Trinajstić information content (AvgIpc) is 2.70. The van der Waals surface area contributed by atoms with Crippen molar-refractivity contribution in [2.45, 2.75) is 21.8 Å². The van der Waals surface area contributed by atoms with E-state index in [1.54, 1.807) is 6.07 Å². The van der Waals surface area contributed by atoms with Crippen LogP contribution in [0.1, 0.15) is 18.9 Å². The van der Waals surface area contributed by atoms with Gasteiger partial charge in [0.05, 0.1) is 9.92 Å². The maximum atomic E-state index is 11.3. The van der Waals surface area contributed by atoms with Crippen molar-refractivity contribution in [1.82, 2.24) is 4.72 Å². The molecule has 1 aromatic heterocycles. The Bertz CT molecular complexity index is 548. The van der Waals surface area contributed by atoms with E-state index in [4.69, 9.17) is 5.14 Å². The molecule has 0 radical (unpaired) electrons. The molecule has 1 aromatic rings. The highest BCUT2D eigenvalue weighted by molar-refractivity contribution is 8.00. The molecule has 0 spiro atoms. The van der Waals surface area contributed by atoms with Crippen molar-refractivity contribution in [1.29, 1.82) is 0 Å². The van der Waals surface area contributed by atoms with E-state index in [0.717, 1.165) is 28.4 Å². The highest BCUT2D eigenvalue weighted by Crippen LogP contribution is 2.35. The SMILES string of the molecule is CCCN=C1CNSc2sc(S(N)(=O)=O)cc21. The van der Waals surface area contributed by atoms with E-state index in [9.17, 15) is 8.42 Å². The smallest absolute Gasteiger partial charge is 0.247 e. The van der Waals surface area contributed by atoms with Crippen LogP contribution in [0.5, 0.6) is 0 Å². The minimum Gasteiger partial charge on any atom is -0.288 e. The predicted molar refractivity (Wildman–Crippen MR) is 71.2 cm³/mol. The van der Waals surface area contributed by atoms with E-state index < -0.39 is 10.0 Å². The number of aliphatic imine (C=N–C) groups is 1. The van der Waals surface area contributed by atoms with E-state index >= 15 is 0 Å². The Kier molecular flexibility index (Phi) is 3.88. The highest BCUT2D eigenvalue weighted by atomic mass is 32.3. The molecule has 0 atom stereocenters. The molecule has 17 heavy (non-hydrogen) atoms. The Balaban J connectivity index is 2.42. The zero-order chi connectivity index (χ0) is 12.5. The molecule has 1 aliphatic heterocycles. The number of sulfonamides is 1. The van der Waals surface area contributed by atoms with Crippen molar-refractivity contribution in [3.63, 3.8) is 0 Å². The van der Waals surface area contributed by atoms with E-state index in [1.807, 2.05) is 0 Å². The predicted octanol–water partition coefficient (Wildman–Crippen LogP) is 1.20. The van der Waals surface area contributed by atoms with Crippen LogP contribution < -0.4 is 9.86 Å². The summed E-state index contributed by atoms with van der Waals surface area (Å²) in [5.41, 5.74) is 1.81. The second-order valence-corrected chi connectivity index (χ2v) is 7.56. The van der Waals surface area contributed by atoms with Crippen LogP contribution >= 0.6 is 23.3 Å². The lowest BCUT2D eigenvalue weighted by Crippen LogP contribution is -2.22. The number of hydrogen-bond acceptors (Lipinski definition) is 6. The van der Waals surface area contributed by atoms with Crippen LogP contribution in [0, 0.1) is 0 Å². The molecule has 1 aliphatic rings. The van der Waals surface area contributed by atoms with Crippen molar-refractivity contribution in [2.75, 3.05) is 13.1 Å². The van der Waals surface area contributed by atoms with Crippen LogP contribution in [0.15, 0.2) is 19.5 Å². The molecule has 0 bridgehead atoms. The second-order valence-electron chi connectivity index (χ2n) is 3.56.